The molecule has 0 radical (unpaired) electrons. The lowest BCUT2D eigenvalue weighted by Gasteiger charge is -1.99. The summed E-state index contributed by atoms with van der Waals surface area (Å²) in [6.45, 7) is 0. The number of fused-ring (bicyclic) bond motifs is 1. The summed E-state index contributed by atoms with van der Waals surface area (Å²) in [5.41, 5.74) is 1.48. The number of carbonyl (C=O) groups is 1. The minimum atomic E-state index is -1.20. The predicted octanol–water partition coefficient (Wildman–Crippen LogP) is 0.665. The molecule has 14 heavy (non-hydrogen) atoms. The van der Waals surface area contributed by atoms with E-state index in [2.05, 4.69) is 9.97 Å². The first-order chi connectivity index (χ1) is 6.70. The van der Waals surface area contributed by atoms with Crippen LogP contribution in [0.3, 0.4) is 0 Å². The molecule has 1 heterocycles. The number of imidazole rings is 1. The maximum absolute atomic E-state index is 10.5. The van der Waals surface area contributed by atoms with Gasteiger partial charge < -0.3 is 14.9 Å². The number of aromatic carboxylic acids is 1. The van der Waals surface area contributed by atoms with Gasteiger partial charge in [-0.05, 0) is 17.7 Å². The zero-order valence-corrected chi connectivity index (χ0v) is 7.84. The number of carboxylic acid groups (broad SMARTS) is 1. The van der Waals surface area contributed by atoms with Gasteiger partial charge in [-0.2, -0.15) is 0 Å². The van der Waals surface area contributed by atoms with Crippen molar-refractivity contribution in [3.05, 3.63) is 29.6 Å². The molecule has 0 atom stereocenters. The second-order valence-electron chi connectivity index (χ2n) is 2.84. The second-order valence-corrected chi connectivity index (χ2v) is 3.10. The number of hydrogen-bond donors (Lipinski definition) is 1. The lowest BCUT2D eigenvalue weighted by Crippen LogP contribution is -2.21. The van der Waals surface area contributed by atoms with E-state index in [1.807, 2.05) is 0 Å². The molecule has 0 unspecified atom stereocenters. The van der Waals surface area contributed by atoms with Gasteiger partial charge in [-0.3, -0.25) is 0 Å². The Morgan fingerprint density at radius 2 is 2.36 bits per heavy atom. The lowest BCUT2D eigenvalue weighted by atomic mass is 10.2. The highest BCUT2D eigenvalue weighted by Crippen LogP contribution is 2.14. The molecule has 0 aliphatic heterocycles. The third-order valence-corrected chi connectivity index (χ3v) is 2.15. The summed E-state index contributed by atoms with van der Waals surface area (Å²) in [5, 5.41) is 10.5. The summed E-state index contributed by atoms with van der Waals surface area (Å²) in [6.07, 6.45) is 0. The van der Waals surface area contributed by atoms with Crippen LogP contribution in [0.2, 0.25) is 0 Å². The van der Waals surface area contributed by atoms with Gasteiger partial charge in [-0.25, -0.2) is 4.98 Å². The Labute approximate surface area is 84.5 Å². The van der Waals surface area contributed by atoms with E-state index in [0.29, 0.717) is 16.9 Å². The molecule has 2 aromatic rings. The fraction of sp³-hybridized carbons (Fsp3) is 0.111. The maximum Gasteiger partial charge on any atom is 0.122 e. The van der Waals surface area contributed by atoms with E-state index in [0.717, 1.165) is 0 Å². The van der Waals surface area contributed by atoms with Crippen molar-refractivity contribution in [1.29, 1.82) is 0 Å². The highest BCUT2D eigenvalue weighted by atomic mass is 35.5. The van der Waals surface area contributed by atoms with Crippen LogP contribution in [0, 0.1) is 0 Å². The maximum atomic E-state index is 10.5. The van der Waals surface area contributed by atoms with Gasteiger partial charge in [-0.15, -0.1) is 11.6 Å². The number of H-pyrrole nitrogens is 1. The first kappa shape index (κ1) is 9.02. The van der Waals surface area contributed by atoms with Gasteiger partial charge in [0.05, 0.1) is 22.9 Å². The topological polar surface area (TPSA) is 68.8 Å². The van der Waals surface area contributed by atoms with Crippen LogP contribution < -0.4 is 5.11 Å². The number of alkyl halides is 1. The Bertz CT molecular complexity index is 493. The van der Waals surface area contributed by atoms with Crippen LogP contribution in [-0.4, -0.2) is 15.9 Å². The number of hydrogen-bond acceptors (Lipinski definition) is 3. The molecule has 0 aliphatic rings. The molecule has 0 saturated heterocycles. The van der Waals surface area contributed by atoms with Crippen LogP contribution in [-0.2, 0) is 5.88 Å². The van der Waals surface area contributed by atoms with Crippen LogP contribution in [0.1, 0.15) is 16.2 Å². The van der Waals surface area contributed by atoms with E-state index in [1.54, 1.807) is 6.07 Å². The van der Waals surface area contributed by atoms with Gasteiger partial charge in [0.1, 0.15) is 5.82 Å². The van der Waals surface area contributed by atoms with E-state index < -0.39 is 5.97 Å². The van der Waals surface area contributed by atoms with Crippen LogP contribution in [0.5, 0.6) is 0 Å². The first-order valence-corrected chi connectivity index (χ1v) is 4.50. The SMILES string of the molecule is O=C([O-])c1ccc2nc(CCl)[nH]c2c1. The number of carbonyl (C=O) groups excluding carboxylic acids is 1. The summed E-state index contributed by atoms with van der Waals surface area (Å²) < 4.78 is 0. The molecule has 5 heteroatoms. The molecule has 1 N–H and O–H groups in total. The molecule has 0 fully saturated rings. The number of rotatable bonds is 2. The van der Waals surface area contributed by atoms with Crippen molar-refractivity contribution in [3.8, 4) is 0 Å². The van der Waals surface area contributed by atoms with Gasteiger partial charge in [0.15, 0.2) is 0 Å². The molecule has 0 amide bonds. The van der Waals surface area contributed by atoms with E-state index >= 15 is 0 Å². The quantitative estimate of drug-likeness (QED) is 0.739. The van der Waals surface area contributed by atoms with Gasteiger partial charge in [0.25, 0.3) is 0 Å². The van der Waals surface area contributed by atoms with Gasteiger partial charge >= 0.3 is 0 Å². The molecule has 0 saturated carbocycles. The Hall–Kier alpha value is -1.55. The zero-order chi connectivity index (χ0) is 10.1. The summed E-state index contributed by atoms with van der Waals surface area (Å²) >= 11 is 5.58. The molecular weight excluding hydrogens is 204 g/mol. The predicted molar refractivity (Wildman–Crippen MR) is 50.0 cm³/mol. The first-order valence-electron chi connectivity index (χ1n) is 3.96. The van der Waals surface area contributed by atoms with Crippen molar-refractivity contribution in [2.75, 3.05) is 0 Å². The number of aromatic nitrogens is 2. The smallest absolute Gasteiger partial charge is 0.122 e. The van der Waals surface area contributed by atoms with Crippen molar-refractivity contribution in [1.82, 2.24) is 9.97 Å². The molecule has 0 spiro atoms. The van der Waals surface area contributed by atoms with E-state index in [1.165, 1.54) is 12.1 Å². The molecule has 4 nitrogen and oxygen atoms in total. The minimum absolute atomic E-state index is 0.127. The van der Waals surface area contributed by atoms with Gasteiger partial charge in [0.2, 0.25) is 0 Å². The van der Waals surface area contributed by atoms with Crippen LogP contribution >= 0.6 is 11.6 Å². The number of halogens is 1. The minimum Gasteiger partial charge on any atom is -0.545 e. The van der Waals surface area contributed by atoms with Crippen molar-refractivity contribution in [2.24, 2.45) is 0 Å². The zero-order valence-electron chi connectivity index (χ0n) is 7.08. The fourth-order valence-corrected chi connectivity index (χ4v) is 1.38. The van der Waals surface area contributed by atoms with Crippen LogP contribution in [0.25, 0.3) is 11.0 Å². The highest BCUT2D eigenvalue weighted by molar-refractivity contribution is 6.16. The number of aromatic amines is 1. The molecule has 2 rings (SSSR count). The number of nitrogens with zero attached hydrogens (tertiary/aromatic N) is 1. The molecule has 0 bridgehead atoms. The Kier molecular flexibility index (Phi) is 2.13. The monoisotopic (exact) mass is 209 g/mol. The summed E-state index contributed by atoms with van der Waals surface area (Å²) in [5.74, 6) is -0.305. The number of nitrogens with one attached hydrogen (secondary N) is 1. The van der Waals surface area contributed by atoms with Crippen molar-refractivity contribution >= 4 is 28.6 Å². The van der Waals surface area contributed by atoms with E-state index in [9.17, 15) is 9.90 Å². The average molecular weight is 210 g/mol. The summed E-state index contributed by atoms with van der Waals surface area (Å²) in [7, 11) is 0. The van der Waals surface area contributed by atoms with Crippen molar-refractivity contribution in [2.45, 2.75) is 5.88 Å². The molecule has 1 aromatic heterocycles. The molecule has 1 aromatic carbocycles. The number of benzene rings is 1. The van der Waals surface area contributed by atoms with Crippen molar-refractivity contribution in [3.63, 3.8) is 0 Å². The Morgan fingerprint density at radius 3 is 3.00 bits per heavy atom. The van der Waals surface area contributed by atoms with Crippen LogP contribution in [0.15, 0.2) is 18.2 Å². The summed E-state index contributed by atoms with van der Waals surface area (Å²) in [6, 6.07) is 4.55. The van der Waals surface area contributed by atoms with Crippen molar-refractivity contribution < 1.29 is 9.90 Å². The Morgan fingerprint density at radius 1 is 1.57 bits per heavy atom. The van der Waals surface area contributed by atoms with Gasteiger partial charge in [-0.1, -0.05) is 6.07 Å². The molecule has 72 valence electrons. The summed E-state index contributed by atoms with van der Waals surface area (Å²) in [4.78, 5) is 17.6. The van der Waals surface area contributed by atoms with Crippen LogP contribution in [0.4, 0.5) is 0 Å². The third kappa shape index (κ3) is 1.44. The average Bonchev–Trinajstić information content (AvgIpc) is 2.58. The van der Waals surface area contributed by atoms with E-state index in [4.69, 9.17) is 11.6 Å². The third-order valence-electron chi connectivity index (χ3n) is 1.89. The second kappa shape index (κ2) is 3.31. The molecular formula is C9H6ClN2O2-. The largest absolute Gasteiger partial charge is 0.545 e. The lowest BCUT2D eigenvalue weighted by molar-refractivity contribution is -0.255. The van der Waals surface area contributed by atoms with Gasteiger partial charge in [0, 0.05) is 0 Å². The Balaban J connectivity index is 2.59. The standard InChI is InChI=1S/C9H7ClN2O2/c10-4-8-11-6-2-1-5(9(13)14)3-7(6)12-8/h1-3H,4H2,(H,11,12)(H,13,14)/p-1. The normalized spacial score (nSPS) is 10.6. The van der Waals surface area contributed by atoms with E-state index in [-0.39, 0.29) is 11.4 Å². The number of carboxylic acids is 1. The molecule has 0 aliphatic carbocycles. The highest BCUT2D eigenvalue weighted by Gasteiger charge is 2.02. The fourth-order valence-electron chi connectivity index (χ4n) is 1.25.